The molecule has 0 aliphatic carbocycles. The van der Waals surface area contributed by atoms with Gasteiger partial charge in [-0.3, -0.25) is 4.68 Å². The average molecular weight is 315 g/mol. The highest BCUT2D eigenvalue weighted by molar-refractivity contribution is 6.32. The first-order valence-electron chi connectivity index (χ1n) is 6.03. The standard InChI is InChI=1S/C13H10ClF3N4/c1-6-3-11(20-21(6)2)12-18-9-4-7(13(15,16)17)8(14)5-10(9)19-12/h3-5H,1-2H3,(H,18,19). The number of imidazole rings is 1. The maximum atomic E-state index is 12.8. The lowest BCUT2D eigenvalue weighted by Gasteiger charge is -2.07. The van der Waals surface area contributed by atoms with Crippen LogP contribution in [0, 0.1) is 6.92 Å². The monoisotopic (exact) mass is 314 g/mol. The maximum absolute atomic E-state index is 12.8. The van der Waals surface area contributed by atoms with Crippen LogP contribution >= 0.6 is 11.6 Å². The number of hydrogen-bond donors (Lipinski definition) is 1. The third-order valence-corrected chi connectivity index (χ3v) is 3.55. The van der Waals surface area contributed by atoms with E-state index < -0.39 is 11.7 Å². The minimum atomic E-state index is -4.50. The zero-order valence-electron chi connectivity index (χ0n) is 11.1. The van der Waals surface area contributed by atoms with E-state index in [1.807, 2.05) is 6.92 Å². The third-order valence-electron chi connectivity index (χ3n) is 3.23. The number of alkyl halides is 3. The number of nitrogens with zero attached hydrogens (tertiary/aromatic N) is 3. The summed E-state index contributed by atoms with van der Waals surface area (Å²) < 4.78 is 40.1. The molecule has 0 spiro atoms. The van der Waals surface area contributed by atoms with Crippen LogP contribution in [0.1, 0.15) is 11.3 Å². The molecule has 8 heteroatoms. The van der Waals surface area contributed by atoms with Crippen LogP contribution in [0.5, 0.6) is 0 Å². The number of aryl methyl sites for hydroxylation is 2. The SMILES string of the molecule is Cc1cc(-c2nc3cc(Cl)c(C(F)(F)F)cc3[nH]2)nn1C. The van der Waals surface area contributed by atoms with Crippen molar-refractivity contribution in [1.29, 1.82) is 0 Å². The Morgan fingerprint density at radius 2 is 1.95 bits per heavy atom. The van der Waals surface area contributed by atoms with E-state index in [0.29, 0.717) is 17.0 Å². The quantitative estimate of drug-likeness (QED) is 0.739. The number of aromatic nitrogens is 4. The predicted octanol–water partition coefficient (Wildman–Crippen LogP) is 3.94. The Hall–Kier alpha value is -2.02. The number of aromatic amines is 1. The first kappa shape index (κ1) is 13.9. The van der Waals surface area contributed by atoms with Crippen LogP contribution in [-0.4, -0.2) is 19.7 Å². The second kappa shape index (κ2) is 4.49. The van der Waals surface area contributed by atoms with Gasteiger partial charge in [0.1, 0.15) is 5.69 Å². The summed E-state index contributed by atoms with van der Waals surface area (Å²) >= 11 is 5.68. The molecule has 2 aromatic heterocycles. The van der Waals surface area contributed by atoms with Gasteiger partial charge in [0.05, 0.1) is 21.6 Å². The van der Waals surface area contributed by atoms with Crippen molar-refractivity contribution >= 4 is 22.6 Å². The summed E-state index contributed by atoms with van der Waals surface area (Å²) in [6, 6.07) is 3.96. The summed E-state index contributed by atoms with van der Waals surface area (Å²) in [4.78, 5) is 7.08. The average Bonchev–Trinajstić information content (AvgIpc) is 2.91. The van der Waals surface area contributed by atoms with Gasteiger partial charge in [-0.2, -0.15) is 18.3 Å². The fourth-order valence-corrected chi connectivity index (χ4v) is 2.31. The summed E-state index contributed by atoms with van der Waals surface area (Å²) in [6.07, 6.45) is -4.50. The van der Waals surface area contributed by atoms with Crippen molar-refractivity contribution in [2.45, 2.75) is 13.1 Å². The first-order valence-corrected chi connectivity index (χ1v) is 6.41. The fraction of sp³-hybridized carbons (Fsp3) is 0.231. The fourth-order valence-electron chi connectivity index (χ4n) is 2.05. The smallest absolute Gasteiger partial charge is 0.337 e. The Morgan fingerprint density at radius 1 is 1.24 bits per heavy atom. The molecule has 3 aromatic rings. The van der Waals surface area contributed by atoms with Crippen LogP contribution < -0.4 is 0 Å². The van der Waals surface area contributed by atoms with Crippen LogP contribution in [0.2, 0.25) is 5.02 Å². The van der Waals surface area contributed by atoms with E-state index in [-0.39, 0.29) is 10.5 Å². The molecule has 4 nitrogen and oxygen atoms in total. The molecule has 1 N–H and O–H groups in total. The molecule has 21 heavy (non-hydrogen) atoms. The highest BCUT2D eigenvalue weighted by Crippen LogP contribution is 2.37. The van der Waals surface area contributed by atoms with Gasteiger partial charge in [0.25, 0.3) is 0 Å². The molecule has 0 unspecified atom stereocenters. The van der Waals surface area contributed by atoms with Crippen molar-refractivity contribution in [2.75, 3.05) is 0 Å². The van der Waals surface area contributed by atoms with Gasteiger partial charge in [-0.05, 0) is 25.1 Å². The number of nitrogens with one attached hydrogen (secondary N) is 1. The Kier molecular flexibility index (Phi) is 2.98. The number of H-pyrrole nitrogens is 1. The van der Waals surface area contributed by atoms with E-state index in [1.54, 1.807) is 17.8 Å². The van der Waals surface area contributed by atoms with Crippen molar-refractivity contribution in [3.63, 3.8) is 0 Å². The van der Waals surface area contributed by atoms with Crippen molar-refractivity contribution in [3.05, 3.63) is 34.5 Å². The summed E-state index contributed by atoms with van der Waals surface area (Å²) in [5.74, 6) is 0.407. The van der Waals surface area contributed by atoms with Gasteiger partial charge in [-0.1, -0.05) is 11.6 Å². The molecule has 0 aliphatic rings. The van der Waals surface area contributed by atoms with Crippen LogP contribution in [0.4, 0.5) is 13.2 Å². The molecule has 0 bridgehead atoms. The van der Waals surface area contributed by atoms with Gasteiger partial charge >= 0.3 is 6.18 Å². The highest BCUT2D eigenvalue weighted by atomic mass is 35.5. The molecule has 3 rings (SSSR count). The van der Waals surface area contributed by atoms with Gasteiger partial charge in [0, 0.05) is 12.7 Å². The third kappa shape index (κ3) is 2.37. The molecule has 0 saturated heterocycles. The van der Waals surface area contributed by atoms with Crippen molar-refractivity contribution in [1.82, 2.24) is 19.7 Å². The lowest BCUT2D eigenvalue weighted by molar-refractivity contribution is -0.137. The summed E-state index contributed by atoms with van der Waals surface area (Å²) in [6.45, 7) is 1.87. The normalized spacial score (nSPS) is 12.3. The molecular formula is C13H10ClF3N4. The lowest BCUT2D eigenvalue weighted by atomic mass is 10.2. The number of benzene rings is 1. The van der Waals surface area contributed by atoms with Crippen LogP contribution in [0.3, 0.4) is 0 Å². The molecule has 0 amide bonds. The largest absolute Gasteiger partial charge is 0.417 e. The minimum absolute atomic E-state index is 0.269. The predicted molar refractivity (Wildman–Crippen MR) is 73.0 cm³/mol. The van der Waals surface area contributed by atoms with Gasteiger partial charge < -0.3 is 4.98 Å². The Balaban J connectivity index is 2.16. The van der Waals surface area contributed by atoms with E-state index >= 15 is 0 Å². The van der Waals surface area contributed by atoms with Gasteiger partial charge in [0.2, 0.25) is 0 Å². The van der Waals surface area contributed by atoms with E-state index in [0.717, 1.165) is 11.8 Å². The lowest BCUT2D eigenvalue weighted by Crippen LogP contribution is -2.05. The molecule has 1 aromatic carbocycles. The van der Waals surface area contributed by atoms with Gasteiger partial charge in [-0.15, -0.1) is 0 Å². The summed E-state index contributed by atoms with van der Waals surface area (Å²) in [5.41, 5.74) is 1.23. The molecule has 0 radical (unpaired) electrons. The van der Waals surface area contributed by atoms with E-state index in [4.69, 9.17) is 11.6 Å². The van der Waals surface area contributed by atoms with Gasteiger partial charge in [-0.25, -0.2) is 4.98 Å². The van der Waals surface area contributed by atoms with E-state index in [2.05, 4.69) is 15.1 Å². The molecule has 0 saturated carbocycles. The molecular weight excluding hydrogens is 305 g/mol. The van der Waals surface area contributed by atoms with Crippen LogP contribution in [0.25, 0.3) is 22.6 Å². The number of hydrogen-bond acceptors (Lipinski definition) is 2. The second-order valence-corrected chi connectivity index (χ2v) is 5.13. The second-order valence-electron chi connectivity index (χ2n) is 4.73. The molecule has 0 atom stereocenters. The topological polar surface area (TPSA) is 46.5 Å². The van der Waals surface area contributed by atoms with Crippen molar-refractivity contribution in [3.8, 4) is 11.5 Å². The molecule has 2 heterocycles. The summed E-state index contributed by atoms with van der Waals surface area (Å²) in [7, 11) is 1.78. The number of rotatable bonds is 1. The highest BCUT2D eigenvalue weighted by Gasteiger charge is 2.33. The minimum Gasteiger partial charge on any atom is -0.337 e. The van der Waals surface area contributed by atoms with Crippen molar-refractivity contribution in [2.24, 2.45) is 7.05 Å². The zero-order chi connectivity index (χ0) is 15.4. The van der Waals surface area contributed by atoms with Gasteiger partial charge in [0.15, 0.2) is 5.82 Å². The summed E-state index contributed by atoms with van der Waals surface area (Å²) in [5, 5.41) is 3.87. The molecule has 0 aliphatic heterocycles. The Morgan fingerprint density at radius 3 is 2.52 bits per heavy atom. The first-order chi connectivity index (χ1) is 9.75. The molecule has 110 valence electrons. The van der Waals surface area contributed by atoms with E-state index in [9.17, 15) is 13.2 Å². The number of fused-ring (bicyclic) bond motifs is 1. The van der Waals surface area contributed by atoms with Crippen LogP contribution in [-0.2, 0) is 13.2 Å². The van der Waals surface area contributed by atoms with Crippen LogP contribution in [0.15, 0.2) is 18.2 Å². The van der Waals surface area contributed by atoms with E-state index in [1.165, 1.54) is 6.07 Å². The Bertz CT molecular complexity index is 812. The molecule has 0 fully saturated rings. The maximum Gasteiger partial charge on any atom is 0.417 e. The number of halogens is 4. The Labute approximate surface area is 122 Å². The van der Waals surface area contributed by atoms with Crippen molar-refractivity contribution < 1.29 is 13.2 Å². The zero-order valence-corrected chi connectivity index (χ0v) is 11.8.